The van der Waals surface area contributed by atoms with E-state index in [1.165, 1.54) is 24.8 Å². The van der Waals surface area contributed by atoms with Crippen LogP contribution in [0.1, 0.15) is 42.9 Å². The Morgan fingerprint density at radius 1 is 1.24 bits per heavy atom. The second kappa shape index (κ2) is 7.28. The third kappa shape index (κ3) is 4.45. The number of hydrogen-bond acceptors (Lipinski definition) is 3. The van der Waals surface area contributed by atoms with E-state index in [9.17, 15) is 5.11 Å². The molecule has 3 nitrogen and oxygen atoms in total. The lowest BCUT2D eigenvalue weighted by atomic mass is 10.0. The van der Waals surface area contributed by atoms with Crippen LogP contribution in [0.15, 0.2) is 12.1 Å². The van der Waals surface area contributed by atoms with Gasteiger partial charge >= 0.3 is 0 Å². The standard InChI is InChI=1S/C18H29NO2/c1-13-9-14(2)18(15(3)10-13)21-12-17(20)11-19-8-6-5-7-16(19)4/h9-10,16-17,20H,5-8,11-12H2,1-4H3/t16-,17+/m0/s1. The average Bonchev–Trinajstić information content (AvgIpc) is 2.40. The summed E-state index contributed by atoms with van der Waals surface area (Å²) in [6, 6.07) is 4.83. The van der Waals surface area contributed by atoms with E-state index >= 15 is 0 Å². The first-order chi connectivity index (χ1) is 9.97. The summed E-state index contributed by atoms with van der Waals surface area (Å²) < 4.78 is 5.88. The van der Waals surface area contributed by atoms with Crippen molar-refractivity contribution in [1.82, 2.24) is 4.90 Å². The largest absolute Gasteiger partial charge is 0.490 e. The van der Waals surface area contributed by atoms with Crippen LogP contribution in [0, 0.1) is 20.8 Å². The van der Waals surface area contributed by atoms with E-state index < -0.39 is 6.10 Å². The normalized spacial score (nSPS) is 21.3. The molecule has 0 amide bonds. The van der Waals surface area contributed by atoms with Crippen molar-refractivity contribution in [2.24, 2.45) is 0 Å². The number of rotatable bonds is 5. The minimum absolute atomic E-state index is 0.369. The molecule has 0 unspecified atom stereocenters. The Kier molecular flexibility index (Phi) is 5.65. The topological polar surface area (TPSA) is 32.7 Å². The van der Waals surface area contributed by atoms with Gasteiger partial charge in [-0.05, 0) is 58.2 Å². The number of aliphatic hydroxyl groups is 1. The van der Waals surface area contributed by atoms with Crippen LogP contribution in [-0.4, -0.2) is 41.8 Å². The lowest BCUT2D eigenvalue weighted by Gasteiger charge is -2.34. The maximum Gasteiger partial charge on any atom is 0.125 e. The smallest absolute Gasteiger partial charge is 0.125 e. The molecule has 1 fully saturated rings. The quantitative estimate of drug-likeness (QED) is 0.904. The van der Waals surface area contributed by atoms with Crippen LogP contribution in [-0.2, 0) is 0 Å². The van der Waals surface area contributed by atoms with Crippen molar-refractivity contribution >= 4 is 0 Å². The van der Waals surface area contributed by atoms with Gasteiger partial charge in [0.2, 0.25) is 0 Å². The highest BCUT2D eigenvalue weighted by Crippen LogP contribution is 2.25. The number of likely N-dealkylation sites (tertiary alicyclic amines) is 1. The Bertz CT molecular complexity index is 449. The van der Waals surface area contributed by atoms with Gasteiger partial charge in [0.15, 0.2) is 0 Å². The minimum atomic E-state index is -0.425. The third-order valence-corrected chi connectivity index (χ3v) is 4.41. The van der Waals surface area contributed by atoms with Crippen molar-refractivity contribution in [2.45, 2.75) is 59.1 Å². The van der Waals surface area contributed by atoms with Crippen LogP contribution in [0.25, 0.3) is 0 Å². The number of nitrogens with zero attached hydrogens (tertiary/aromatic N) is 1. The summed E-state index contributed by atoms with van der Waals surface area (Å²) in [5.74, 6) is 0.923. The molecule has 2 atom stereocenters. The van der Waals surface area contributed by atoms with E-state index in [-0.39, 0.29) is 0 Å². The van der Waals surface area contributed by atoms with E-state index in [0.717, 1.165) is 23.4 Å². The maximum absolute atomic E-state index is 10.3. The van der Waals surface area contributed by atoms with Gasteiger partial charge in [-0.2, -0.15) is 0 Å². The molecular formula is C18H29NO2. The summed E-state index contributed by atoms with van der Waals surface area (Å²) in [4.78, 5) is 2.38. The molecular weight excluding hydrogens is 262 g/mol. The molecule has 1 heterocycles. The van der Waals surface area contributed by atoms with E-state index in [1.807, 2.05) is 0 Å². The number of β-amino-alcohol motifs (C(OH)–C–C–N with tert-alkyl or cyclic N) is 1. The average molecular weight is 291 g/mol. The van der Waals surface area contributed by atoms with Gasteiger partial charge in [0.05, 0.1) is 0 Å². The first-order valence-corrected chi connectivity index (χ1v) is 8.10. The summed E-state index contributed by atoms with van der Waals surface area (Å²) in [5, 5.41) is 10.3. The van der Waals surface area contributed by atoms with Gasteiger partial charge in [0.25, 0.3) is 0 Å². The van der Waals surface area contributed by atoms with Crippen LogP contribution in [0.3, 0.4) is 0 Å². The van der Waals surface area contributed by atoms with Crippen LogP contribution < -0.4 is 4.74 Å². The van der Waals surface area contributed by atoms with Crippen LogP contribution in [0.4, 0.5) is 0 Å². The number of ether oxygens (including phenoxy) is 1. The molecule has 0 spiro atoms. The monoisotopic (exact) mass is 291 g/mol. The number of aliphatic hydroxyl groups excluding tert-OH is 1. The fraction of sp³-hybridized carbons (Fsp3) is 0.667. The van der Waals surface area contributed by atoms with E-state index in [2.05, 4.69) is 44.7 Å². The summed E-state index contributed by atoms with van der Waals surface area (Å²) in [7, 11) is 0. The van der Waals surface area contributed by atoms with Crippen molar-refractivity contribution in [1.29, 1.82) is 0 Å². The fourth-order valence-electron chi connectivity index (χ4n) is 3.33. The number of aryl methyl sites for hydroxylation is 3. The minimum Gasteiger partial charge on any atom is -0.490 e. The molecule has 0 aliphatic carbocycles. The first-order valence-electron chi connectivity index (χ1n) is 8.10. The van der Waals surface area contributed by atoms with Gasteiger partial charge in [-0.3, -0.25) is 4.90 Å². The van der Waals surface area contributed by atoms with Crippen LogP contribution in [0.2, 0.25) is 0 Å². The summed E-state index contributed by atoms with van der Waals surface area (Å²) in [6.45, 7) is 10.7. The Labute approximate surface area is 128 Å². The van der Waals surface area contributed by atoms with Crippen molar-refractivity contribution in [3.05, 3.63) is 28.8 Å². The summed E-state index contributed by atoms with van der Waals surface area (Å²) in [6.07, 6.45) is 3.37. The Morgan fingerprint density at radius 3 is 2.52 bits per heavy atom. The molecule has 118 valence electrons. The van der Waals surface area contributed by atoms with Gasteiger partial charge in [-0.15, -0.1) is 0 Å². The summed E-state index contributed by atoms with van der Waals surface area (Å²) in [5.41, 5.74) is 3.54. The number of benzene rings is 1. The number of piperidine rings is 1. The maximum atomic E-state index is 10.3. The fourth-order valence-corrected chi connectivity index (χ4v) is 3.33. The molecule has 1 saturated heterocycles. The summed E-state index contributed by atoms with van der Waals surface area (Å²) >= 11 is 0. The lowest BCUT2D eigenvalue weighted by molar-refractivity contribution is 0.0434. The molecule has 1 aromatic carbocycles. The predicted molar refractivity (Wildman–Crippen MR) is 87.0 cm³/mol. The highest BCUT2D eigenvalue weighted by molar-refractivity contribution is 5.42. The second-order valence-electron chi connectivity index (χ2n) is 6.53. The molecule has 1 aliphatic heterocycles. The molecule has 0 aromatic heterocycles. The van der Waals surface area contributed by atoms with Gasteiger partial charge in [-0.25, -0.2) is 0 Å². The number of hydrogen-bond donors (Lipinski definition) is 1. The second-order valence-corrected chi connectivity index (χ2v) is 6.53. The third-order valence-electron chi connectivity index (χ3n) is 4.41. The highest BCUT2D eigenvalue weighted by atomic mass is 16.5. The molecule has 21 heavy (non-hydrogen) atoms. The molecule has 2 rings (SSSR count). The van der Waals surface area contributed by atoms with E-state index in [4.69, 9.17) is 4.74 Å². The molecule has 0 saturated carbocycles. The first kappa shape index (κ1) is 16.3. The molecule has 1 aromatic rings. The molecule has 0 bridgehead atoms. The van der Waals surface area contributed by atoms with E-state index in [1.54, 1.807) is 0 Å². The molecule has 3 heteroatoms. The Morgan fingerprint density at radius 2 is 1.90 bits per heavy atom. The van der Waals surface area contributed by atoms with Crippen molar-refractivity contribution in [3.63, 3.8) is 0 Å². The van der Waals surface area contributed by atoms with Crippen molar-refractivity contribution in [3.8, 4) is 5.75 Å². The van der Waals surface area contributed by atoms with Gasteiger partial charge in [0, 0.05) is 12.6 Å². The highest BCUT2D eigenvalue weighted by Gasteiger charge is 2.21. The van der Waals surface area contributed by atoms with Crippen LogP contribution >= 0.6 is 0 Å². The van der Waals surface area contributed by atoms with Crippen LogP contribution in [0.5, 0.6) is 5.75 Å². The lowest BCUT2D eigenvalue weighted by Crippen LogP contribution is -2.43. The SMILES string of the molecule is Cc1cc(C)c(OC[C@H](O)CN2CCCC[C@@H]2C)c(C)c1. The van der Waals surface area contributed by atoms with Gasteiger partial charge in [-0.1, -0.05) is 24.1 Å². The van der Waals surface area contributed by atoms with Gasteiger partial charge < -0.3 is 9.84 Å². The Hall–Kier alpha value is -1.06. The van der Waals surface area contributed by atoms with Gasteiger partial charge in [0.1, 0.15) is 18.5 Å². The molecule has 0 radical (unpaired) electrons. The zero-order valence-corrected chi connectivity index (χ0v) is 13.9. The predicted octanol–water partition coefficient (Wildman–Crippen LogP) is 3.23. The van der Waals surface area contributed by atoms with Crippen molar-refractivity contribution < 1.29 is 9.84 Å². The Balaban J connectivity index is 1.88. The zero-order chi connectivity index (χ0) is 15.4. The molecule has 1 aliphatic rings. The van der Waals surface area contributed by atoms with Crippen molar-refractivity contribution in [2.75, 3.05) is 19.7 Å². The van der Waals surface area contributed by atoms with E-state index in [0.29, 0.717) is 19.2 Å². The molecule has 1 N–H and O–H groups in total. The zero-order valence-electron chi connectivity index (χ0n) is 13.9.